The molecule has 0 atom stereocenters. The number of benzene rings is 1. The lowest BCUT2D eigenvalue weighted by atomic mass is 10.1. The summed E-state index contributed by atoms with van der Waals surface area (Å²) < 4.78 is 0. The SMILES string of the molecule is O=C(NCC1CCCC1)c1cccc(CCl)c1. The highest BCUT2D eigenvalue weighted by Gasteiger charge is 2.16. The molecule has 1 fully saturated rings. The van der Waals surface area contributed by atoms with Gasteiger partial charge in [0.25, 0.3) is 5.91 Å². The average Bonchev–Trinajstić information content (AvgIpc) is 2.89. The van der Waals surface area contributed by atoms with E-state index in [1.165, 1.54) is 25.7 Å². The van der Waals surface area contributed by atoms with E-state index in [2.05, 4.69) is 5.32 Å². The summed E-state index contributed by atoms with van der Waals surface area (Å²) >= 11 is 5.75. The highest BCUT2D eigenvalue weighted by Crippen LogP contribution is 2.23. The van der Waals surface area contributed by atoms with Crippen molar-refractivity contribution in [2.45, 2.75) is 31.6 Å². The number of carbonyl (C=O) groups is 1. The number of amides is 1. The van der Waals surface area contributed by atoms with Crippen LogP contribution in [0, 0.1) is 5.92 Å². The molecule has 1 amide bonds. The predicted molar refractivity (Wildman–Crippen MR) is 70.3 cm³/mol. The van der Waals surface area contributed by atoms with E-state index in [1.54, 1.807) is 0 Å². The van der Waals surface area contributed by atoms with E-state index in [-0.39, 0.29) is 5.91 Å². The number of alkyl halides is 1. The zero-order valence-corrected chi connectivity index (χ0v) is 10.7. The summed E-state index contributed by atoms with van der Waals surface area (Å²) in [5, 5.41) is 3.01. The summed E-state index contributed by atoms with van der Waals surface area (Å²) in [6, 6.07) is 7.50. The van der Waals surface area contributed by atoms with E-state index < -0.39 is 0 Å². The standard InChI is InChI=1S/C14H18ClNO/c15-9-12-6-3-7-13(8-12)14(17)16-10-11-4-1-2-5-11/h3,6-8,11H,1-2,4-5,9-10H2,(H,16,17). The van der Waals surface area contributed by atoms with Crippen molar-refractivity contribution < 1.29 is 4.79 Å². The van der Waals surface area contributed by atoms with Gasteiger partial charge >= 0.3 is 0 Å². The number of hydrogen-bond donors (Lipinski definition) is 1. The fourth-order valence-corrected chi connectivity index (χ4v) is 2.52. The van der Waals surface area contributed by atoms with Gasteiger partial charge in [-0.05, 0) is 36.5 Å². The van der Waals surface area contributed by atoms with Gasteiger partial charge in [0.2, 0.25) is 0 Å². The van der Waals surface area contributed by atoms with Crippen LogP contribution in [0.3, 0.4) is 0 Å². The summed E-state index contributed by atoms with van der Waals surface area (Å²) in [6.07, 6.45) is 5.12. The second-order valence-corrected chi connectivity index (χ2v) is 4.96. The lowest BCUT2D eigenvalue weighted by molar-refractivity contribution is 0.0947. The molecule has 0 saturated heterocycles. The molecule has 0 aromatic heterocycles. The molecule has 3 heteroatoms. The van der Waals surface area contributed by atoms with Crippen LogP contribution in [-0.4, -0.2) is 12.5 Å². The molecule has 1 aliphatic rings. The number of halogens is 1. The molecule has 1 aromatic carbocycles. The van der Waals surface area contributed by atoms with Crippen molar-refractivity contribution in [3.63, 3.8) is 0 Å². The minimum atomic E-state index is 0.0175. The minimum Gasteiger partial charge on any atom is -0.352 e. The topological polar surface area (TPSA) is 29.1 Å². The second-order valence-electron chi connectivity index (χ2n) is 4.69. The Hall–Kier alpha value is -1.02. The number of hydrogen-bond acceptors (Lipinski definition) is 1. The van der Waals surface area contributed by atoms with Crippen molar-refractivity contribution in [3.8, 4) is 0 Å². The van der Waals surface area contributed by atoms with Gasteiger partial charge in [0.1, 0.15) is 0 Å². The minimum absolute atomic E-state index is 0.0175. The fraction of sp³-hybridized carbons (Fsp3) is 0.500. The molecule has 1 N–H and O–H groups in total. The van der Waals surface area contributed by atoms with E-state index >= 15 is 0 Å². The van der Waals surface area contributed by atoms with Crippen molar-refractivity contribution >= 4 is 17.5 Å². The maximum Gasteiger partial charge on any atom is 0.251 e. The molecule has 92 valence electrons. The predicted octanol–water partition coefficient (Wildman–Crippen LogP) is 3.35. The molecule has 0 radical (unpaired) electrons. The van der Waals surface area contributed by atoms with Crippen LogP contribution < -0.4 is 5.32 Å². The summed E-state index contributed by atoms with van der Waals surface area (Å²) in [6.45, 7) is 0.809. The first-order valence-corrected chi connectivity index (χ1v) is 6.76. The van der Waals surface area contributed by atoms with Crippen molar-refractivity contribution in [1.82, 2.24) is 5.32 Å². The average molecular weight is 252 g/mol. The first-order valence-electron chi connectivity index (χ1n) is 6.22. The molecule has 0 unspecified atom stereocenters. The molecule has 1 aromatic rings. The van der Waals surface area contributed by atoms with Gasteiger partial charge < -0.3 is 5.32 Å². The quantitative estimate of drug-likeness (QED) is 0.817. The molecule has 1 saturated carbocycles. The van der Waals surface area contributed by atoms with Gasteiger partial charge in [-0.25, -0.2) is 0 Å². The smallest absolute Gasteiger partial charge is 0.251 e. The summed E-state index contributed by atoms with van der Waals surface area (Å²) in [7, 11) is 0. The van der Waals surface area contributed by atoms with Crippen LogP contribution in [0.2, 0.25) is 0 Å². The van der Waals surface area contributed by atoms with Crippen molar-refractivity contribution in [2.24, 2.45) is 5.92 Å². The Bertz CT molecular complexity index is 386. The fourth-order valence-electron chi connectivity index (χ4n) is 2.35. The van der Waals surface area contributed by atoms with E-state index in [1.807, 2.05) is 24.3 Å². The maximum atomic E-state index is 11.9. The van der Waals surface area contributed by atoms with Crippen LogP contribution in [0.4, 0.5) is 0 Å². The molecule has 0 aliphatic heterocycles. The van der Waals surface area contributed by atoms with Crippen molar-refractivity contribution in [1.29, 1.82) is 0 Å². The van der Waals surface area contributed by atoms with Gasteiger partial charge in [-0.15, -0.1) is 11.6 Å². The normalized spacial score (nSPS) is 16.1. The van der Waals surface area contributed by atoms with E-state index in [9.17, 15) is 4.79 Å². The third kappa shape index (κ3) is 3.47. The Labute approximate surface area is 107 Å². The third-order valence-electron chi connectivity index (χ3n) is 3.37. The largest absolute Gasteiger partial charge is 0.352 e. The molecule has 17 heavy (non-hydrogen) atoms. The zero-order valence-electron chi connectivity index (χ0n) is 9.92. The van der Waals surface area contributed by atoms with Gasteiger partial charge in [0.15, 0.2) is 0 Å². The van der Waals surface area contributed by atoms with Crippen LogP contribution in [0.5, 0.6) is 0 Å². The van der Waals surface area contributed by atoms with Crippen LogP contribution in [-0.2, 0) is 5.88 Å². The molecule has 0 heterocycles. The van der Waals surface area contributed by atoms with Crippen molar-refractivity contribution in [3.05, 3.63) is 35.4 Å². The summed E-state index contributed by atoms with van der Waals surface area (Å²) in [5.74, 6) is 1.14. The molecule has 0 spiro atoms. The van der Waals surface area contributed by atoms with Crippen LogP contribution >= 0.6 is 11.6 Å². The second kappa shape index (κ2) is 6.06. The Morgan fingerprint density at radius 3 is 2.82 bits per heavy atom. The molecule has 1 aliphatic carbocycles. The van der Waals surface area contributed by atoms with Gasteiger partial charge in [0, 0.05) is 18.0 Å². The summed E-state index contributed by atoms with van der Waals surface area (Å²) in [4.78, 5) is 11.9. The zero-order chi connectivity index (χ0) is 12.1. The van der Waals surface area contributed by atoms with Crippen LogP contribution in [0.15, 0.2) is 24.3 Å². The molecular formula is C14H18ClNO. The van der Waals surface area contributed by atoms with E-state index in [0.29, 0.717) is 17.4 Å². The first kappa shape index (κ1) is 12.4. The van der Waals surface area contributed by atoms with Crippen LogP contribution in [0.25, 0.3) is 0 Å². The molecule has 2 rings (SSSR count). The first-order chi connectivity index (χ1) is 8.29. The Kier molecular flexibility index (Phi) is 4.43. The monoisotopic (exact) mass is 251 g/mol. The van der Waals surface area contributed by atoms with Gasteiger partial charge in [-0.1, -0.05) is 25.0 Å². The summed E-state index contributed by atoms with van der Waals surface area (Å²) in [5.41, 5.74) is 1.70. The Morgan fingerprint density at radius 2 is 2.12 bits per heavy atom. The maximum absolute atomic E-state index is 11.9. The van der Waals surface area contributed by atoms with Crippen LogP contribution in [0.1, 0.15) is 41.6 Å². The van der Waals surface area contributed by atoms with Crippen molar-refractivity contribution in [2.75, 3.05) is 6.54 Å². The Balaban J connectivity index is 1.89. The number of nitrogens with one attached hydrogen (secondary N) is 1. The van der Waals surface area contributed by atoms with E-state index in [0.717, 1.165) is 12.1 Å². The van der Waals surface area contributed by atoms with Gasteiger partial charge in [0.05, 0.1) is 0 Å². The number of rotatable bonds is 4. The highest BCUT2D eigenvalue weighted by molar-refractivity contribution is 6.17. The number of carbonyl (C=O) groups excluding carboxylic acids is 1. The third-order valence-corrected chi connectivity index (χ3v) is 3.68. The molecule has 0 bridgehead atoms. The molecule has 2 nitrogen and oxygen atoms in total. The van der Waals surface area contributed by atoms with E-state index in [4.69, 9.17) is 11.6 Å². The highest BCUT2D eigenvalue weighted by atomic mass is 35.5. The lowest BCUT2D eigenvalue weighted by Gasteiger charge is -2.10. The van der Waals surface area contributed by atoms with Gasteiger partial charge in [-0.3, -0.25) is 4.79 Å². The Morgan fingerprint density at radius 1 is 1.35 bits per heavy atom. The lowest BCUT2D eigenvalue weighted by Crippen LogP contribution is -2.28. The molecular weight excluding hydrogens is 234 g/mol. The van der Waals surface area contributed by atoms with Gasteiger partial charge in [-0.2, -0.15) is 0 Å².